The maximum atomic E-state index is 5.52. The van der Waals surface area contributed by atoms with Crippen molar-refractivity contribution in [2.45, 2.75) is 6.92 Å². The summed E-state index contributed by atoms with van der Waals surface area (Å²) in [5.74, 6) is 0.431. The van der Waals surface area contributed by atoms with E-state index < -0.39 is 0 Å². The summed E-state index contributed by atoms with van der Waals surface area (Å²) in [5.41, 5.74) is 7.56. The topological polar surface area (TPSA) is 56.2 Å². The Balaban J connectivity index is 2.86. The van der Waals surface area contributed by atoms with Crippen LogP contribution in [0.1, 0.15) is 5.56 Å². The van der Waals surface area contributed by atoms with Crippen molar-refractivity contribution in [3.05, 3.63) is 24.0 Å². The first-order chi connectivity index (χ1) is 5.27. The van der Waals surface area contributed by atoms with E-state index in [2.05, 4.69) is 10.1 Å². The molecule has 0 bridgehead atoms. The minimum atomic E-state index is 0.431. The highest BCUT2D eigenvalue weighted by atomic mass is 15.3. The van der Waals surface area contributed by atoms with E-state index >= 15 is 0 Å². The molecule has 0 aromatic carbocycles. The highest BCUT2D eigenvalue weighted by Gasteiger charge is 1.98. The number of aromatic nitrogens is 3. The molecule has 0 aliphatic carbocycles. The van der Waals surface area contributed by atoms with Gasteiger partial charge in [-0.15, -0.1) is 0 Å². The van der Waals surface area contributed by atoms with Crippen molar-refractivity contribution < 1.29 is 0 Å². The van der Waals surface area contributed by atoms with E-state index in [-0.39, 0.29) is 0 Å². The summed E-state index contributed by atoms with van der Waals surface area (Å²) in [4.78, 5) is 3.92. The Kier molecular flexibility index (Phi) is 1.09. The fourth-order valence-electron chi connectivity index (χ4n) is 1.02. The lowest BCUT2D eigenvalue weighted by molar-refractivity contribution is 0.932. The molecule has 4 nitrogen and oxygen atoms in total. The fourth-order valence-corrected chi connectivity index (χ4v) is 1.02. The lowest BCUT2D eigenvalue weighted by Gasteiger charge is -1.94. The van der Waals surface area contributed by atoms with E-state index in [4.69, 9.17) is 5.73 Å². The predicted octanol–water partition coefficient (Wildman–Crippen LogP) is 0.620. The summed E-state index contributed by atoms with van der Waals surface area (Å²) in [6.07, 6.45) is 3.46. The van der Waals surface area contributed by atoms with Crippen LogP contribution in [-0.2, 0) is 0 Å². The van der Waals surface area contributed by atoms with E-state index in [0.717, 1.165) is 11.1 Å². The second-order valence-corrected chi connectivity index (χ2v) is 2.49. The largest absolute Gasteiger partial charge is 0.368 e. The van der Waals surface area contributed by atoms with E-state index in [0.29, 0.717) is 5.95 Å². The summed E-state index contributed by atoms with van der Waals surface area (Å²) in [7, 11) is 0. The molecule has 11 heavy (non-hydrogen) atoms. The molecule has 0 amide bonds. The molecule has 0 saturated carbocycles. The zero-order chi connectivity index (χ0) is 7.84. The number of anilines is 1. The van der Waals surface area contributed by atoms with Gasteiger partial charge < -0.3 is 5.73 Å². The number of nitrogens with two attached hydrogens (primary N) is 1. The van der Waals surface area contributed by atoms with Gasteiger partial charge in [0.2, 0.25) is 5.95 Å². The highest BCUT2D eigenvalue weighted by molar-refractivity contribution is 5.50. The van der Waals surface area contributed by atoms with Crippen LogP contribution in [0.15, 0.2) is 18.5 Å². The van der Waals surface area contributed by atoms with Crippen molar-refractivity contribution in [3.8, 4) is 0 Å². The molecule has 4 heteroatoms. The third-order valence-corrected chi connectivity index (χ3v) is 1.54. The average molecular weight is 148 g/mol. The molecule has 2 heterocycles. The molecule has 0 spiro atoms. The molecule has 0 unspecified atom stereocenters. The van der Waals surface area contributed by atoms with Crippen molar-refractivity contribution in [1.29, 1.82) is 0 Å². The van der Waals surface area contributed by atoms with Crippen molar-refractivity contribution in [1.82, 2.24) is 14.6 Å². The van der Waals surface area contributed by atoms with Gasteiger partial charge in [0.25, 0.3) is 0 Å². The van der Waals surface area contributed by atoms with Crippen LogP contribution in [0.4, 0.5) is 5.95 Å². The Morgan fingerprint density at radius 3 is 3.09 bits per heavy atom. The van der Waals surface area contributed by atoms with Crippen molar-refractivity contribution in [3.63, 3.8) is 0 Å². The quantitative estimate of drug-likeness (QED) is 0.595. The Hall–Kier alpha value is -1.58. The Labute approximate surface area is 63.7 Å². The number of rotatable bonds is 0. The first kappa shape index (κ1) is 6.15. The zero-order valence-corrected chi connectivity index (χ0v) is 6.15. The Bertz CT molecular complexity index is 390. The molecule has 56 valence electrons. The first-order valence-electron chi connectivity index (χ1n) is 3.33. The summed E-state index contributed by atoms with van der Waals surface area (Å²) < 4.78 is 1.60. The maximum Gasteiger partial charge on any atom is 0.221 e. The van der Waals surface area contributed by atoms with Crippen LogP contribution < -0.4 is 5.73 Å². The molecule has 2 aromatic rings. The van der Waals surface area contributed by atoms with Crippen molar-refractivity contribution >= 4 is 11.5 Å². The van der Waals surface area contributed by atoms with Gasteiger partial charge in [-0.2, -0.15) is 9.61 Å². The third-order valence-electron chi connectivity index (χ3n) is 1.54. The number of hydrogen-bond donors (Lipinski definition) is 1. The van der Waals surface area contributed by atoms with Crippen LogP contribution in [0, 0.1) is 6.92 Å². The highest BCUT2D eigenvalue weighted by Crippen LogP contribution is 2.06. The summed E-state index contributed by atoms with van der Waals surface area (Å²) in [6, 6.07) is 1.98. The summed E-state index contributed by atoms with van der Waals surface area (Å²) in [5, 5.41) is 4.07. The van der Waals surface area contributed by atoms with Crippen LogP contribution in [0.25, 0.3) is 5.52 Å². The third kappa shape index (κ3) is 0.832. The average Bonchev–Trinajstić information content (AvgIpc) is 2.32. The molecule has 0 atom stereocenters. The number of hydrogen-bond acceptors (Lipinski definition) is 3. The Morgan fingerprint density at radius 1 is 1.45 bits per heavy atom. The van der Waals surface area contributed by atoms with Gasteiger partial charge in [0, 0.05) is 0 Å². The second kappa shape index (κ2) is 1.95. The van der Waals surface area contributed by atoms with Crippen LogP contribution >= 0.6 is 0 Å². The van der Waals surface area contributed by atoms with Crippen LogP contribution in [0.2, 0.25) is 0 Å². The van der Waals surface area contributed by atoms with Gasteiger partial charge in [0.05, 0.1) is 17.9 Å². The van der Waals surface area contributed by atoms with Gasteiger partial charge in [0.15, 0.2) is 0 Å². The molecule has 0 aliphatic rings. The van der Waals surface area contributed by atoms with E-state index in [1.807, 2.05) is 13.0 Å². The molecular weight excluding hydrogens is 140 g/mol. The van der Waals surface area contributed by atoms with Gasteiger partial charge >= 0.3 is 0 Å². The van der Waals surface area contributed by atoms with Crippen LogP contribution in [0.3, 0.4) is 0 Å². The number of imidazole rings is 1. The van der Waals surface area contributed by atoms with Gasteiger partial charge in [-0.25, -0.2) is 4.98 Å². The summed E-state index contributed by atoms with van der Waals surface area (Å²) >= 11 is 0. The molecule has 0 aliphatic heterocycles. The maximum absolute atomic E-state index is 5.52. The number of aryl methyl sites for hydroxylation is 1. The molecule has 2 N–H and O–H groups in total. The van der Waals surface area contributed by atoms with Gasteiger partial charge in [-0.05, 0) is 18.6 Å². The van der Waals surface area contributed by atoms with Gasteiger partial charge in [-0.1, -0.05) is 0 Å². The van der Waals surface area contributed by atoms with Crippen LogP contribution in [-0.4, -0.2) is 14.6 Å². The Morgan fingerprint density at radius 2 is 2.27 bits per heavy atom. The lowest BCUT2D eigenvalue weighted by Crippen LogP contribution is -1.97. The normalized spacial score (nSPS) is 10.6. The van der Waals surface area contributed by atoms with Gasteiger partial charge in [-0.3, -0.25) is 0 Å². The fraction of sp³-hybridized carbons (Fsp3) is 0.143. The van der Waals surface area contributed by atoms with E-state index in [1.54, 1.807) is 16.9 Å². The van der Waals surface area contributed by atoms with Crippen molar-refractivity contribution in [2.75, 3.05) is 5.73 Å². The SMILES string of the molecule is Cc1cnn2c(N)ncc2c1. The van der Waals surface area contributed by atoms with E-state index in [9.17, 15) is 0 Å². The first-order valence-corrected chi connectivity index (χ1v) is 3.33. The predicted molar refractivity (Wildman–Crippen MR) is 42.1 cm³/mol. The van der Waals surface area contributed by atoms with E-state index in [1.165, 1.54) is 0 Å². The zero-order valence-electron chi connectivity index (χ0n) is 6.15. The molecule has 2 rings (SSSR count). The molecule has 0 saturated heterocycles. The summed E-state index contributed by atoms with van der Waals surface area (Å²) in [6.45, 7) is 1.98. The minimum Gasteiger partial charge on any atom is -0.368 e. The molecule has 0 radical (unpaired) electrons. The molecule has 0 fully saturated rings. The van der Waals surface area contributed by atoms with Gasteiger partial charge in [0.1, 0.15) is 0 Å². The van der Waals surface area contributed by atoms with Crippen LogP contribution in [0.5, 0.6) is 0 Å². The monoisotopic (exact) mass is 148 g/mol. The second-order valence-electron chi connectivity index (χ2n) is 2.49. The molecule has 2 aromatic heterocycles. The number of nitrogens with zero attached hydrogens (tertiary/aromatic N) is 3. The lowest BCUT2D eigenvalue weighted by atomic mass is 10.3. The minimum absolute atomic E-state index is 0.431. The standard InChI is InChI=1S/C7H8N4/c1-5-2-6-4-9-7(8)11(6)10-3-5/h2-4H,1H3,(H2,8,9). The number of nitrogen functional groups attached to an aromatic ring is 1. The number of fused-ring (bicyclic) bond motifs is 1. The smallest absolute Gasteiger partial charge is 0.221 e. The molecular formula is C7H8N4. The van der Waals surface area contributed by atoms with Crippen molar-refractivity contribution in [2.24, 2.45) is 0 Å².